The lowest BCUT2D eigenvalue weighted by Crippen LogP contribution is -2.61. The van der Waals surface area contributed by atoms with Gasteiger partial charge in [0.25, 0.3) is 0 Å². The van der Waals surface area contributed by atoms with Crippen LogP contribution in [0.2, 0.25) is 0 Å². The van der Waals surface area contributed by atoms with E-state index in [0.29, 0.717) is 36.3 Å². The van der Waals surface area contributed by atoms with Crippen LogP contribution in [0.3, 0.4) is 0 Å². The Morgan fingerprint density at radius 2 is 1.76 bits per heavy atom. The number of fused-ring (bicyclic) bond motifs is 3. The molecule has 1 aromatic carbocycles. The molecule has 0 aliphatic carbocycles. The maximum atomic E-state index is 14.4. The fourth-order valence-corrected chi connectivity index (χ4v) is 6.11. The maximum Gasteiger partial charge on any atom is 0.247 e. The summed E-state index contributed by atoms with van der Waals surface area (Å²) in [6.45, 7) is 12.1. The molecule has 45 heavy (non-hydrogen) atoms. The number of carbonyl (C=O) groups excluding carboxylic acids is 4. The molecule has 0 unspecified atom stereocenters. The number of likely N-dealkylation sites (tertiary alicyclic amines) is 1. The van der Waals surface area contributed by atoms with Crippen molar-refractivity contribution >= 4 is 29.7 Å². The number of hydrogen-bond acceptors (Lipinski definition) is 7. The third-order valence-corrected chi connectivity index (χ3v) is 9.45. The van der Waals surface area contributed by atoms with Gasteiger partial charge in [0.15, 0.2) is 0 Å². The highest BCUT2D eigenvalue weighted by atomic mass is 16.5. The van der Waals surface area contributed by atoms with Gasteiger partial charge in [0.1, 0.15) is 35.7 Å². The van der Waals surface area contributed by atoms with Crippen LogP contribution in [-0.2, 0) is 19.2 Å². The summed E-state index contributed by atoms with van der Waals surface area (Å²) in [5, 5.41) is 8.80. The van der Waals surface area contributed by atoms with Crippen LogP contribution in [-0.4, -0.2) is 91.4 Å². The van der Waals surface area contributed by atoms with E-state index >= 15 is 0 Å². The van der Waals surface area contributed by atoms with Gasteiger partial charge in [-0.1, -0.05) is 60.8 Å². The fourth-order valence-electron chi connectivity index (χ4n) is 6.11. The van der Waals surface area contributed by atoms with Crippen molar-refractivity contribution in [2.75, 3.05) is 27.7 Å². The molecule has 0 saturated carbocycles. The Labute approximate surface area is 268 Å². The molecule has 11 nitrogen and oxygen atoms in total. The average molecular weight is 628 g/mol. The van der Waals surface area contributed by atoms with Gasteiger partial charge in [0.05, 0.1) is 13.2 Å². The third kappa shape index (κ3) is 8.36. The monoisotopic (exact) mass is 627 g/mol. The molecule has 1 aromatic rings. The van der Waals surface area contributed by atoms with Crippen LogP contribution < -0.4 is 25.4 Å². The molecule has 2 aliphatic heterocycles. The standard InChI is InChI=1S/C34H53N5O6/c1-10-20(4)27-31(40)35-17-15-23-19-24(13-14-25(23)44-9)45-26-16-18-39(30(26)33(42)36-27)34(43)28(21(5)11-2)37-32(41)29(38(7)8)22(6)12-3/h13-15,17,19-22,26-30H,10-12,16,18H2,1-9H3,(H,35,40)(H,36,42)(H,37,41)/b17-15-/t20-,21-,22-,26-,27-,28-,29-,30-/m0/s1. The molecule has 8 atom stereocenters. The first-order chi connectivity index (χ1) is 21.4. The number of ether oxygens (including phenoxy) is 2. The fraction of sp³-hybridized carbons (Fsp3) is 0.647. The number of rotatable bonds is 11. The van der Waals surface area contributed by atoms with Crippen LogP contribution in [0.1, 0.15) is 72.8 Å². The highest BCUT2D eigenvalue weighted by Gasteiger charge is 2.47. The predicted octanol–water partition coefficient (Wildman–Crippen LogP) is 3.18. The molecule has 11 heteroatoms. The average Bonchev–Trinajstić information content (AvgIpc) is 3.44. The highest BCUT2D eigenvalue weighted by molar-refractivity contribution is 5.96. The summed E-state index contributed by atoms with van der Waals surface area (Å²) >= 11 is 0. The van der Waals surface area contributed by atoms with Crippen LogP contribution in [0.15, 0.2) is 24.4 Å². The number of amides is 4. The number of carbonyl (C=O) groups is 4. The maximum absolute atomic E-state index is 14.4. The summed E-state index contributed by atoms with van der Waals surface area (Å²) in [5.74, 6) is -0.573. The Balaban J connectivity index is 2.03. The van der Waals surface area contributed by atoms with Crippen LogP contribution in [0.4, 0.5) is 0 Å². The molecule has 1 saturated heterocycles. The summed E-state index contributed by atoms with van der Waals surface area (Å²) in [5.41, 5.74) is 0.688. The van der Waals surface area contributed by atoms with Crippen molar-refractivity contribution in [3.8, 4) is 11.5 Å². The van der Waals surface area contributed by atoms with Gasteiger partial charge < -0.3 is 30.3 Å². The molecule has 3 N–H and O–H groups in total. The molecule has 0 radical (unpaired) electrons. The second kappa shape index (κ2) is 16.1. The van der Waals surface area contributed by atoms with Gasteiger partial charge >= 0.3 is 0 Å². The summed E-state index contributed by atoms with van der Waals surface area (Å²) < 4.78 is 11.9. The van der Waals surface area contributed by atoms with Gasteiger partial charge in [-0.25, -0.2) is 0 Å². The number of nitrogens with zero attached hydrogens (tertiary/aromatic N) is 2. The van der Waals surface area contributed by atoms with E-state index in [2.05, 4.69) is 16.0 Å². The minimum absolute atomic E-state index is 0.0749. The molecule has 250 valence electrons. The SMILES string of the molecule is CC[C@H](C)[C@@H]1NC(=O)[C@@H]2[C@H](CCN2C(=O)[C@@H](NC(=O)[C@H]([C@@H](C)CC)N(C)C)[C@@H](C)CC)Oc2ccc(OC)c(c2)/C=C\NC1=O. The van der Waals surface area contributed by atoms with Gasteiger partial charge in [-0.2, -0.15) is 0 Å². The summed E-state index contributed by atoms with van der Waals surface area (Å²) in [4.78, 5) is 58.9. The van der Waals surface area contributed by atoms with Gasteiger partial charge in [0.2, 0.25) is 23.6 Å². The minimum Gasteiger partial charge on any atom is -0.496 e. The van der Waals surface area contributed by atoms with Gasteiger partial charge in [-0.3, -0.25) is 24.1 Å². The first-order valence-electron chi connectivity index (χ1n) is 16.3. The van der Waals surface area contributed by atoms with E-state index in [0.717, 1.165) is 6.42 Å². The zero-order valence-corrected chi connectivity index (χ0v) is 28.4. The van der Waals surface area contributed by atoms with E-state index in [4.69, 9.17) is 9.47 Å². The van der Waals surface area contributed by atoms with Gasteiger partial charge in [0, 0.05) is 24.7 Å². The number of likely N-dealkylation sites (N-methyl/N-ethyl adjacent to an activating group) is 1. The minimum atomic E-state index is -1.02. The number of methoxy groups -OCH3 is 1. The van der Waals surface area contributed by atoms with Crippen molar-refractivity contribution in [1.29, 1.82) is 0 Å². The molecule has 0 aromatic heterocycles. The van der Waals surface area contributed by atoms with Crippen LogP contribution in [0.5, 0.6) is 11.5 Å². The molecule has 4 amide bonds. The Hall–Kier alpha value is -3.60. The van der Waals surface area contributed by atoms with Crippen molar-refractivity contribution < 1.29 is 28.7 Å². The Morgan fingerprint density at radius 3 is 2.36 bits per heavy atom. The van der Waals surface area contributed by atoms with Gasteiger partial charge in [-0.15, -0.1) is 0 Å². The lowest BCUT2D eigenvalue weighted by Gasteiger charge is -2.35. The molecule has 3 rings (SSSR count). The quantitative estimate of drug-likeness (QED) is 0.344. The predicted molar refractivity (Wildman–Crippen MR) is 174 cm³/mol. The molecular weight excluding hydrogens is 574 g/mol. The third-order valence-electron chi connectivity index (χ3n) is 9.45. The molecular formula is C34H53N5O6. The van der Waals surface area contributed by atoms with Crippen molar-refractivity contribution in [3.63, 3.8) is 0 Å². The second-order valence-electron chi connectivity index (χ2n) is 12.7. The largest absolute Gasteiger partial charge is 0.496 e. The first kappa shape index (κ1) is 35.9. The molecule has 2 bridgehead atoms. The highest BCUT2D eigenvalue weighted by Crippen LogP contribution is 2.31. The van der Waals surface area contributed by atoms with E-state index in [1.807, 2.05) is 60.5 Å². The first-order valence-corrected chi connectivity index (χ1v) is 16.3. The lowest BCUT2D eigenvalue weighted by molar-refractivity contribution is -0.145. The Morgan fingerprint density at radius 1 is 1.07 bits per heavy atom. The van der Waals surface area contributed by atoms with Crippen molar-refractivity contribution in [3.05, 3.63) is 30.0 Å². The van der Waals surface area contributed by atoms with Crippen molar-refractivity contribution in [1.82, 2.24) is 25.8 Å². The van der Waals surface area contributed by atoms with Crippen molar-refractivity contribution in [2.45, 2.75) is 97.5 Å². The normalized spacial score (nSPS) is 24.2. The lowest BCUT2D eigenvalue weighted by atomic mass is 9.94. The van der Waals surface area contributed by atoms with Crippen LogP contribution in [0.25, 0.3) is 6.08 Å². The van der Waals surface area contributed by atoms with E-state index < -0.39 is 36.2 Å². The van der Waals surface area contributed by atoms with Crippen molar-refractivity contribution in [2.24, 2.45) is 17.8 Å². The van der Waals surface area contributed by atoms with E-state index in [1.54, 1.807) is 31.4 Å². The zero-order chi connectivity index (χ0) is 33.4. The number of nitrogens with one attached hydrogen (secondary N) is 3. The van der Waals surface area contributed by atoms with E-state index in [9.17, 15) is 19.2 Å². The Kier molecular flexibility index (Phi) is 12.8. The van der Waals surface area contributed by atoms with E-state index in [1.165, 1.54) is 11.1 Å². The second-order valence-corrected chi connectivity index (χ2v) is 12.7. The molecule has 2 heterocycles. The molecule has 1 fully saturated rings. The van der Waals surface area contributed by atoms with Crippen LogP contribution >= 0.6 is 0 Å². The zero-order valence-electron chi connectivity index (χ0n) is 28.4. The van der Waals surface area contributed by atoms with Crippen LogP contribution in [0, 0.1) is 17.8 Å². The number of hydrogen-bond donors (Lipinski definition) is 3. The smallest absolute Gasteiger partial charge is 0.247 e. The summed E-state index contributed by atoms with van der Waals surface area (Å²) in [7, 11) is 5.29. The Bertz CT molecular complexity index is 1240. The summed E-state index contributed by atoms with van der Waals surface area (Å²) in [6.07, 6.45) is 5.07. The van der Waals surface area contributed by atoms with E-state index in [-0.39, 0.29) is 42.0 Å². The molecule has 0 spiro atoms. The van der Waals surface area contributed by atoms with Gasteiger partial charge in [-0.05, 0) is 56.1 Å². The topological polar surface area (TPSA) is 129 Å². The number of benzene rings is 1. The molecule has 2 aliphatic rings. The summed E-state index contributed by atoms with van der Waals surface area (Å²) in [6, 6.07) is 2.20.